The zero-order valence-electron chi connectivity index (χ0n) is 20.1. The van der Waals surface area contributed by atoms with Crippen LogP contribution in [-0.4, -0.2) is 51.4 Å². The average molecular weight is 510 g/mol. The van der Waals surface area contributed by atoms with Crippen molar-refractivity contribution in [2.24, 2.45) is 7.05 Å². The highest BCUT2D eigenvalue weighted by atomic mass is 32.2. The van der Waals surface area contributed by atoms with Gasteiger partial charge in [0.2, 0.25) is 11.8 Å². The number of sulfonamides is 1. The van der Waals surface area contributed by atoms with E-state index >= 15 is 0 Å². The number of nitrogens with one attached hydrogen (secondary N) is 2. The van der Waals surface area contributed by atoms with E-state index in [0.717, 1.165) is 16.7 Å². The molecule has 0 saturated carbocycles. The first-order chi connectivity index (χ1) is 17.2. The van der Waals surface area contributed by atoms with Gasteiger partial charge >= 0.3 is 0 Å². The van der Waals surface area contributed by atoms with Crippen LogP contribution in [0.2, 0.25) is 0 Å². The van der Waals surface area contributed by atoms with E-state index in [4.69, 9.17) is 9.84 Å². The Morgan fingerprint density at radius 1 is 1.08 bits per heavy atom. The molecule has 1 aromatic carbocycles. The third-order valence-corrected chi connectivity index (χ3v) is 6.54. The van der Waals surface area contributed by atoms with E-state index in [1.807, 2.05) is 32.0 Å². The van der Waals surface area contributed by atoms with Gasteiger partial charge in [0.15, 0.2) is 0 Å². The van der Waals surface area contributed by atoms with Gasteiger partial charge in [-0.1, -0.05) is 18.2 Å². The van der Waals surface area contributed by atoms with E-state index in [1.54, 1.807) is 25.2 Å². The number of benzene rings is 1. The molecule has 0 fully saturated rings. The summed E-state index contributed by atoms with van der Waals surface area (Å²) in [6.45, 7) is 4.60. The topological polar surface area (TPSA) is 144 Å². The summed E-state index contributed by atoms with van der Waals surface area (Å²) in [6.07, 6.45) is 4.77. The number of nitrogens with zero attached hydrogens (tertiary/aromatic N) is 5. The van der Waals surface area contributed by atoms with Gasteiger partial charge in [-0.25, -0.2) is 23.1 Å². The van der Waals surface area contributed by atoms with E-state index in [9.17, 15) is 8.42 Å². The van der Waals surface area contributed by atoms with Crippen LogP contribution in [0.4, 0.5) is 11.8 Å². The standard InChI is InChI=1S/C24H27N7O4S/c1-16-6-4-7-17(2)23(16)20-12-22(35-18-8-9-21(26-13-18)25-10-5-11-32)29-24(28-20)30-36(33,34)19-14-27-31(3)15-19/h4,6-9,12-15,32H,5,10-11H2,1-3H3,(H,25,26)(H,28,29,30). The molecular formula is C24H27N7O4S. The Bertz CT molecular complexity index is 1430. The van der Waals surface area contributed by atoms with Crippen molar-refractivity contribution in [3.05, 3.63) is 66.1 Å². The van der Waals surface area contributed by atoms with Gasteiger partial charge in [-0.2, -0.15) is 10.1 Å². The maximum absolute atomic E-state index is 12.9. The summed E-state index contributed by atoms with van der Waals surface area (Å²) in [7, 11) is -2.34. The first-order valence-corrected chi connectivity index (χ1v) is 12.7. The van der Waals surface area contributed by atoms with Gasteiger partial charge in [0, 0.05) is 38.0 Å². The fourth-order valence-corrected chi connectivity index (χ4v) is 4.47. The fraction of sp³-hybridized carbons (Fsp3) is 0.250. The summed E-state index contributed by atoms with van der Waals surface area (Å²) in [5.41, 5.74) is 3.31. The average Bonchev–Trinajstić information content (AvgIpc) is 3.27. The number of aryl methyl sites for hydroxylation is 3. The quantitative estimate of drug-likeness (QED) is 0.274. The number of aromatic nitrogens is 5. The molecule has 0 spiro atoms. The number of aliphatic hydroxyl groups excluding tert-OH is 1. The number of ether oxygens (including phenoxy) is 1. The van der Waals surface area contributed by atoms with Crippen LogP contribution in [0.15, 0.2) is 59.9 Å². The van der Waals surface area contributed by atoms with Crippen molar-refractivity contribution in [2.75, 3.05) is 23.2 Å². The van der Waals surface area contributed by atoms with Crippen LogP contribution in [0.25, 0.3) is 11.3 Å². The largest absolute Gasteiger partial charge is 0.437 e. The minimum absolute atomic E-state index is 0.0120. The molecule has 188 valence electrons. The molecule has 4 aromatic rings. The zero-order chi connectivity index (χ0) is 25.7. The van der Waals surface area contributed by atoms with Crippen LogP contribution in [-0.2, 0) is 17.1 Å². The molecule has 0 atom stereocenters. The summed E-state index contributed by atoms with van der Waals surface area (Å²) in [5.74, 6) is 1.06. The van der Waals surface area contributed by atoms with E-state index in [0.29, 0.717) is 30.2 Å². The van der Waals surface area contributed by atoms with E-state index in [2.05, 4.69) is 30.1 Å². The van der Waals surface area contributed by atoms with Crippen molar-refractivity contribution in [1.29, 1.82) is 0 Å². The van der Waals surface area contributed by atoms with Crippen molar-refractivity contribution >= 4 is 21.8 Å². The number of aliphatic hydroxyl groups is 1. The van der Waals surface area contributed by atoms with Crippen LogP contribution in [0.1, 0.15) is 17.5 Å². The molecule has 0 aliphatic heterocycles. The van der Waals surface area contributed by atoms with Crippen LogP contribution in [0.5, 0.6) is 11.6 Å². The normalized spacial score (nSPS) is 11.3. The first kappa shape index (κ1) is 25.1. The Labute approximate surface area is 209 Å². The van der Waals surface area contributed by atoms with Crippen molar-refractivity contribution in [2.45, 2.75) is 25.2 Å². The first-order valence-electron chi connectivity index (χ1n) is 11.2. The molecule has 0 saturated heterocycles. The van der Waals surface area contributed by atoms with Gasteiger partial charge in [0.25, 0.3) is 10.0 Å². The number of anilines is 2. The predicted molar refractivity (Wildman–Crippen MR) is 135 cm³/mol. The molecule has 12 heteroatoms. The van der Waals surface area contributed by atoms with Crippen LogP contribution < -0.4 is 14.8 Å². The highest BCUT2D eigenvalue weighted by Gasteiger charge is 2.20. The van der Waals surface area contributed by atoms with Crippen LogP contribution in [0.3, 0.4) is 0 Å². The molecule has 3 heterocycles. The van der Waals surface area contributed by atoms with E-state index in [1.165, 1.54) is 23.3 Å². The molecular weight excluding hydrogens is 482 g/mol. The zero-order valence-corrected chi connectivity index (χ0v) is 21.0. The molecule has 3 aromatic heterocycles. The highest BCUT2D eigenvalue weighted by Crippen LogP contribution is 2.31. The van der Waals surface area contributed by atoms with Crippen molar-refractivity contribution < 1.29 is 18.3 Å². The molecule has 3 N–H and O–H groups in total. The smallest absolute Gasteiger partial charge is 0.267 e. The minimum atomic E-state index is -3.97. The Morgan fingerprint density at radius 2 is 1.86 bits per heavy atom. The number of hydrogen-bond donors (Lipinski definition) is 3. The molecule has 0 unspecified atom stereocenters. The Hall–Kier alpha value is -4.03. The lowest BCUT2D eigenvalue weighted by Crippen LogP contribution is -2.15. The Morgan fingerprint density at radius 3 is 2.50 bits per heavy atom. The minimum Gasteiger partial charge on any atom is -0.437 e. The maximum atomic E-state index is 12.9. The summed E-state index contributed by atoms with van der Waals surface area (Å²) < 4.78 is 35.5. The summed E-state index contributed by atoms with van der Waals surface area (Å²) in [4.78, 5) is 13.1. The van der Waals surface area contributed by atoms with Crippen molar-refractivity contribution in [3.63, 3.8) is 0 Å². The molecule has 0 bridgehead atoms. The molecule has 0 aliphatic carbocycles. The second kappa shape index (κ2) is 10.7. The maximum Gasteiger partial charge on any atom is 0.267 e. The van der Waals surface area contributed by atoms with Gasteiger partial charge in [0.05, 0.1) is 18.1 Å². The van der Waals surface area contributed by atoms with Gasteiger partial charge in [0.1, 0.15) is 16.5 Å². The van der Waals surface area contributed by atoms with Crippen LogP contribution >= 0.6 is 0 Å². The van der Waals surface area contributed by atoms with Gasteiger partial charge in [-0.3, -0.25) is 4.68 Å². The van der Waals surface area contributed by atoms with Crippen LogP contribution in [0, 0.1) is 13.8 Å². The third kappa shape index (κ3) is 5.96. The lowest BCUT2D eigenvalue weighted by atomic mass is 10.00. The number of rotatable bonds is 10. The van der Waals surface area contributed by atoms with E-state index < -0.39 is 10.0 Å². The van der Waals surface area contributed by atoms with Gasteiger partial charge in [-0.15, -0.1) is 0 Å². The monoisotopic (exact) mass is 509 g/mol. The lowest BCUT2D eigenvalue weighted by Gasteiger charge is -2.13. The highest BCUT2D eigenvalue weighted by molar-refractivity contribution is 7.92. The molecule has 0 aliphatic rings. The third-order valence-electron chi connectivity index (χ3n) is 5.26. The van der Waals surface area contributed by atoms with Crippen molar-refractivity contribution in [3.8, 4) is 22.9 Å². The Kier molecular flexibility index (Phi) is 7.46. The van der Waals surface area contributed by atoms with Gasteiger partial charge < -0.3 is 15.2 Å². The second-order valence-corrected chi connectivity index (χ2v) is 9.80. The summed E-state index contributed by atoms with van der Waals surface area (Å²) >= 11 is 0. The molecule has 0 amide bonds. The van der Waals surface area contributed by atoms with E-state index in [-0.39, 0.29) is 23.3 Å². The molecule has 4 rings (SSSR count). The Balaban J connectivity index is 1.68. The van der Waals surface area contributed by atoms with Crippen molar-refractivity contribution in [1.82, 2.24) is 24.7 Å². The SMILES string of the molecule is Cc1cccc(C)c1-c1cc(Oc2ccc(NCCCO)nc2)nc(NS(=O)(=O)c2cnn(C)c2)n1. The fourth-order valence-electron chi connectivity index (χ4n) is 3.55. The molecule has 36 heavy (non-hydrogen) atoms. The second-order valence-electron chi connectivity index (χ2n) is 8.12. The molecule has 11 nitrogen and oxygen atoms in total. The predicted octanol–water partition coefficient (Wildman–Crippen LogP) is 3.28. The summed E-state index contributed by atoms with van der Waals surface area (Å²) in [6, 6.07) is 11.0. The van der Waals surface area contributed by atoms with Gasteiger partial charge in [-0.05, 0) is 43.5 Å². The number of pyridine rings is 1. The number of hydrogen-bond acceptors (Lipinski definition) is 9. The molecule has 0 radical (unpaired) electrons. The summed E-state index contributed by atoms with van der Waals surface area (Å²) in [5, 5.41) is 15.9. The lowest BCUT2D eigenvalue weighted by molar-refractivity contribution is 0.292.